The second-order valence-corrected chi connectivity index (χ2v) is 4.73. The number of aliphatic hydroxyl groups is 1. The zero-order valence-corrected chi connectivity index (χ0v) is 11.4. The second-order valence-electron chi connectivity index (χ2n) is 3.82. The van der Waals surface area contributed by atoms with Gasteiger partial charge in [-0.1, -0.05) is 17.0 Å². The van der Waals surface area contributed by atoms with E-state index >= 15 is 0 Å². The molecular weight excluding hydrogens is 278 g/mol. The van der Waals surface area contributed by atoms with Crippen LogP contribution in [0, 0.1) is 11.8 Å². The fourth-order valence-electron chi connectivity index (χ4n) is 1.42. The van der Waals surface area contributed by atoms with Gasteiger partial charge in [0, 0.05) is 24.8 Å². The van der Waals surface area contributed by atoms with Gasteiger partial charge < -0.3 is 14.9 Å². The maximum absolute atomic E-state index is 11.9. The molecule has 0 bridgehead atoms. The van der Waals surface area contributed by atoms with Gasteiger partial charge in [0.05, 0.1) is 17.0 Å². The van der Waals surface area contributed by atoms with Crippen LogP contribution in [0.5, 0.6) is 0 Å². The van der Waals surface area contributed by atoms with Gasteiger partial charge in [0.25, 0.3) is 5.91 Å². The number of carbonyl (C=O) groups is 1. The van der Waals surface area contributed by atoms with Crippen LogP contribution in [0.1, 0.15) is 27.5 Å². The minimum atomic E-state index is -0.157. The molecule has 2 aromatic rings. The highest BCUT2D eigenvalue weighted by atomic mass is 32.1. The Bertz CT molecular complexity index is 610. The topological polar surface area (TPSA) is 88.3 Å². The summed E-state index contributed by atoms with van der Waals surface area (Å²) >= 11 is 1.40. The van der Waals surface area contributed by atoms with Gasteiger partial charge in [0.1, 0.15) is 0 Å². The van der Waals surface area contributed by atoms with Gasteiger partial charge in [-0.3, -0.25) is 4.79 Å². The molecule has 2 heterocycles. The van der Waals surface area contributed by atoms with Gasteiger partial charge in [-0.05, 0) is 6.07 Å². The third-order valence-electron chi connectivity index (χ3n) is 2.34. The molecule has 0 unspecified atom stereocenters. The van der Waals surface area contributed by atoms with Crippen LogP contribution >= 0.6 is 11.3 Å². The number of aromatic nitrogens is 2. The number of nitrogens with zero attached hydrogens (tertiary/aromatic N) is 2. The molecule has 1 amide bonds. The lowest BCUT2D eigenvalue weighted by Gasteiger charge is -2.00. The first-order valence-electron chi connectivity index (χ1n) is 6.01. The highest BCUT2D eigenvalue weighted by Crippen LogP contribution is 2.13. The second kappa shape index (κ2) is 7.43. The molecule has 0 aromatic carbocycles. The highest BCUT2D eigenvalue weighted by molar-refractivity contribution is 7.10. The van der Waals surface area contributed by atoms with E-state index in [1.165, 1.54) is 17.7 Å². The van der Waals surface area contributed by atoms with Crippen LogP contribution in [0.15, 0.2) is 22.3 Å². The van der Waals surface area contributed by atoms with Crippen LogP contribution in [-0.2, 0) is 6.42 Å². The van der Waals surface area contributed by atoms with E-state index in [-0.39, 0.29) is 12.5 Å². The summed E-state index contributed by atoms with van der Waals surface area (Å²) in [4.78, 5) is 16.5. The zero-order valence-electron chi connectivity index (χ0n) is 10.6. The first kappa shape index (κ1) is 14.2. The first-order chi connectivity index (χ1) is 9.79. The van der Waals surface area contributed by atoms with Gasteiger partial charge in [-0.15, -0.1) is 11.3 Å². The summed E-state index contributed by atoms with van der Waals surface area (Å²) in [6, 6.07) is 1.73. The average Bonchev–Trinajstić information content (AvgIpc) is 3.10. The molecule has 0 fully saturated rings. The Kier molecular flexibility index (Phi) is 5.29. The van der Waals surface area contributed by atoms with Crippen molar-refractivity contribution in [2.75, 3.05) is 13.2 Å². The molecule has 2 aromatic heterocycles. The summed E-state index contributed by atoms with van der Waals surface area (Å²) in [7, 11) is 0. The van der Waals surface area contributed by atoms with E-state index in [4.69, 9.17) is 9.63 Å². The Labute approximate surface area is 119 Å². The van der Waals surface area contributed by atoms with Gasteiger partial charge in [-0.25, -0.2) is 0 Å². The average molecular weight is 291 g/mol. The lowest BCUT2D eigenvalue weighted by molar-refractivity contribution is 0.0954. The number of nitrogens with one attached hydrogen (secondary N) is 1. The number of carbonyl (C=O) groups excluding carboxylic acids is 1. The van der Waals surface area contributed by atoms with Crippen molar-refractivity contribution in [3.63, 3.8) is 0 Å². The number of thiophene rings is 1. The van der Waals surface area contributed by atoms with Gasteiger partial charge in [0.2, 0.25) is 5.89 Å². The quantitative estimate of drug-likeness (QED) is 0.797. The molecule has 7 heteroatoms. The van der Waals surface area contributed by atoms with Crippen molar-refractivity contribution in [2.24, 2.45) is 0 Å². The van der Waals surface area contributed by atoms with E-state index in [1.54, 1.807) is 11.4 Å². The molecule has 0 radical (unpaired) electrons. The van der Waals surface area contributed by atoms with Crippen LogP contribution in [0.3, 0.4) is 0 Å². The Morgan fingerprint density at radius 2 is 2.45 bits per heavy atom. The third kappa shape index (κ3) is 4.19. The summed E-state index contributed by atoms with van der Waals surface area (Å²) < 4.78 is 4.83. The first-order valence-corrected chi connectivity index (χ1v) is 6.89. The lowest BCUT2D eigenvalue weighted by atomic mass is 10.3. The molecule has 0 aliphatic carbocycles. The predicted octanol–water partition coefficient (Wildman–Crippen LogP) is 0.837. The van der Waals surface area contributed by atoms with Crippen molar-refractivity contribution in [1.29, 1.82) is 0 Å². The number of amides is 1. The van der Waals surface area contributed by atoms with Crippen molar-refractivity contribution in [3.05, 3.63) is 34.1 Å². The molecule has 20 heavy (non-hydrogen) atoms. The Hall–Kier alpha value is -2.17. The van der Waals surface area contributed by atoms with Crippen LogP contribution < -0.4 is 5.32 Å². The van der Waals surface area contributed by atoms with Gasteiger partial charge in [0.15, 0.2) is 6.33 Å². The summed E-state index contributed by atoms with van der Waals surface area (Å²) in [6.45, 7) is 0.476. The Morgan fingerprint density at radius 3 is 3.20 bits per heavy atom. The van der Waals surface area contributed by atoms with Crippen molar-refractivity contribution in [2.45, 2.75) is 12.8 Å². The smallest absolute Gasteiger partial charge is 0.252 e. The van der Waals surface area contributed by atoms with E-state index < -0.39 is 0 Å². The minimum absolute atomic E-state index is 0.0430. The fourth-order valence-corrected chi connectivity index (χ4v) is 2.17. The molecule has 2 rings (SSSR count). The molecule has 104 valence electrons. The minimum Gasteiger partial charge on any atom is -0.395 e. The number of hydrogen-bond donors (Lipinski definition) is 2. The summed E-state index contributed by atoms with van der Waals surface area (Å²) in [5.41, 5.74) is 0.578. The maximum atomic E-state index is 11.9. The van der Waals surface area contributed by atoms with E-state index in [2.05, 4.69) is 27.3 Å². The molecule has 0 aliphatic heterocycles. The predicted molar refractivity (Wildman–Crippen MR) is 73.2 cm³/mol. The molecule has 6 nitrogen and oxygen atoms in total. The molecule has 0 saturated carbocycles. The van der Waals surface area contributed by atoms with Gasteiger partial charge in [-0.2, -0.15) is 4.98 Å². The van der Waals surface area contributed by atoms with Crippen LogP contribution in [-0.4, -0.2) is 34.3 Å². The zero-order chi connectivity index (χ0) is 14.2. The van der Waals surface area contributed by atoms with E-state index in [0.29, 0.717) is 30.8 Å². The Morgan fingerprint density at radius 1 is 1.55 bits per heavy atom. The van der Waals surface area contributed by atoms with E-state index in [9.17, 15) is 4.79 Å². The van der Waals surface area contributed by atoms with Crippen LogP contribution in [0.2, 0.25) is 0 Å². The molecule has 0 atom stereocenters. The Balaban J connectivity index is 1.82. The van der Waals surface area contributed by atoms with Crippen molar-refractivity contribution >= 4 is 17.2 Å². The molecule has 2 N–H and O–H groups in total. The third-order valence-corrected chi connectivity index (χ3v) is 3.19. The van der Waals surface area contributed by atoms with E-state index in [1.807, 2.05) is 0 Å². The number of hydrogen-bond acceptors (Lipinski definition) is 6. The van der Waals surface area contributed by atoms with Crippen LogP contribution in [0.25, 0.3) is 0 Å². The summed E-state index contributed by atoms with van der Waals surface area (Å²) in [6.07, 6.45) is 2.26. The SMILES string of the molecule is O=C(NCCc1ncno1)c1csc(C#CCCO)c1. The number of aliphatic hydroxyl groups excluding tert-OH is 1. The molecule has 0 aliphatic rings. The number of rotatable bonds is 5. The lowest BCUT2D eigenvalue weighted by Crippen LogP contribution is -2.25. The van der Waals surface area contributed by atoms with Crippen molar-refractivity contribution < 1.29 is 14.4 Å². The van der Waals surface area contributed by atoms with Crippen molar-refractivity contribution in [3.8, 4) is 11.8 Å². The summed E-state index contributed by atoms with van der Waals surface area (Å²) in [5.74, 6) is 6.05. The van der Waals surface area contributed by atoms with Gasteiger partial charge >= 0.3 is 0 Å². The fraction of sp³-hybridized carbons (Fsp3) is 0.308. The summed E-state index contributed by atoms with van der Waals surface area (Å²) in [5, 5.41) is 16.6. The maximum Gasteiger partial charge on any atom is 0.252 e. The standard InChI is InChI=1S/C13H13N3O3S/c17-6-2-1-3-11-7-10(8-20-11)13(18)14-5-4-12-15-9-16-19-12/h7-9,17H,2,4-6H2,(H,14,18). The highest BCUT2D eigenvalue weighted by Gasteiger charge is 2.08. The normalized spacial score (nSPS) is 9.85. The van der Waals surface area contributed by atoms with Crippen LogP contribution in [0.4, 0.5) is 0 Å². The largest absolute Gasteiger partial charge is 0.395 e. The van der Waals surface area contributed by atoms with E-state index in [0.717, 1.165) is 4.88 Å². The van der Waals surface area contributed by atoms with Crippen molar-refractivity contribution in [1.82, 2.24) is 15.5 Å². The molecule has 0 saturated heterocycles. The monoisotopic (exact) mass is 291 g/mol. The molecule has 0 spiro atoms. The molecular formula is C13H13N3O3S.